The first-order valence-electron chi connectivity index (χ1n) is 13.0. The van der Waals surface area contributed by atoms with Crippen LogP contribution in [0, 0.1) is 0 Å². The van der Waals surface area contributed by atoms with Gasteiger partial charge in [-0.2, -0.15) is 5.10 Å². The van der Waals surface area contributed by atoms with Gasteiger partial charge in [0, 0.05) is 30.8 Å². The molecule has 4 aromatic rings. The van der Waals surface area contributed by atoms with Crippen molar-refractivity contribution in [1.82, 2.24) is 25.1 Å². The average Bonchev–Trinajstić information content (AvgIpc) is 3.57. The van der Waals surface area contributed by atoms with Gasteiger partial charge in [0.25, 0.3) is 0 Å². The van der Waals surface area contributed by atoms with Crippen LogP contribution in [0.5, 0.6) is 0 Å². The van der Waals surface area contributed by atoms with Crippen LogP contribution in [0.3, 0.4) is 0 Å². The van der Waals surface area contributed by atoms with Gasteiger partial charge in [0.15, 0.2) is 11.6 Å². The highest BCUT2D eigenvalue weighted by molar-refractivity contribution is 5.73. The number of benzene rings is 2. The molecule has 2 N–H and O–H groups in total. The van der Waals surface area contributed by atoms with Crippen LogP contribution in [0.2, 0.25) is 0 Å². The monoisotopic (exact) mass is 479 g/mol. The van der Waals surface area contributed by atoms with Gasteiger partial charge in [0.2, 0.25) is 0 Å². The third-order valence-corrected chi connectivity index (χ3v) is 7.25. The highest BCUT2D eigenvalue weighted by Crippen LogP contribution is 2.34. The summed E-state index contributed by atoms with van der Waals surface area (Å²) < 4.78 is 1.99. The van der Waals surface area contributed by atoms with Crippen LogP contribution in [0.1, 0.15) is 55.3 Å². The van der Waals surface area contributed by atoms with Gasteiger partial charge in [-0.15, -0.1) is 0 Å². The molecule has 2 aliphatic heterocycles. The predicted octanol–water partition coefficient (Wildman–Crippen LogP) is 5.31. The van der Waals surface area contributed by atoms with Gasteiger partial charge in [0.1, 0.15) is 0 Å². The maximum Gasteiger partial charge on any atom is 0.161 e. The van der Waals surface area contributed by atoms with Crippen molar-refractivity contribution in [3.05, 3.63) is 83.8 Å². The summed E-state index contributed by atoms with van der Waals surface area (Å²) in [6.07, 6.45) is 6.42. The summed E-state index contributed by atoms with van der Waals surface area (Å²) in [5, 5.41) is 11.8. The second-order valence-corrected chi connectivity index (χ2v) is 10.1. The quantitative estimate of drug-likeness (QED) is 0.391. The highest BCUT2D eigenvalue weighted by atomic mass is 15.3. The molecule has 0 radical (unpaired) electrons. The van der Waals surface area contributed by atoms with E-state index in [-0.39, 0.29) is 0 Å². The Morgan fingerprint density at radius 3 is 2.72 bits per heavy atom. The first-order valence-corrected chi connectivity index (χ1v) is 13.0. The molecule has 1 fully saturated rings. The molecule has 0 bridgehead atoms. The fourth-order valence-corrected chi connectivity index (χ4v) is 5.24. The van der Waals surface area contributed by atoms with Crippen LogP contribution >= 0.6 is 0 Å². The molecule has 7 heteroatoms. The Hall–Kier alpha value is -3.71. The maximum atomic E-state index is 4.99. The molecule has 184 valence electrons. The number of nitrogens with one attached hydrogen (secondary N) is 2. The molecule has 0 spiro atoms. The summed E-state index contributed by atoms with van der Waals surface area (Å²) in [4.78, 5) is 11.9. The first-order chi connectivity index (χ1) is 17.7. The van der Waals surface area contributed by atoms with E-state index in [1.165, 1.54) is 29.7 Å². The Kier molecular flexibility index (Phi) is 6.15. The summed E-state index contributed by atoms with van der Waals surface area (Å²) in [6.45, 7) is 8.06. The van der Waals surface area contributed by atoms with E-state index in [4.69, 9.17) is 10.1 Å². The molecule has 1 saturated heterocycles. The second kappa shape index (κ2) is 9.74. The topological polar surface area (TPSA) is 70.9 Å². The molecule has 0 aliphatic carbocycles. The fraction of sp³-hybridized carbons (Fsp3) is 0.345. The number of anilines is 2. The van der Waals surface area contributed by atoms with Crippen LogP contribution in [-0.2, 0) is 6.54 Å². The molecular weight excluding hydrogens is 446 g/mol. The molecule has 6 rings (SSSR count). The van der Waals surface area contributed by atoms with Crippen molar-refractivity contribution in [3.63, 3.8) is 0 Å². The third kappa shape index (κ3) is 4.46. The molecule has 2 aromatic carbocycles. The van der Waals surface area contributed by atoms with Gasteiger partial charge in [-0.3, -0.25) is 0 Å². The Morgan fingerprint density at radius 1 is 1.06 bits per heavy atom. The van der Waals surface area contributed by atoms with Crippen LogP contribution in [-0.4, -0.2) is 39.5 Å². The van der Waals surface area contributed by atoms with E-state index in [0.717, 1.165) is 54.9 Å². The molecule has 2 aliphatic rings. The molecule has 0 saturated carbocycles. The van der Waals surface area contributed by atoms with Crippen molar-refractivity contribution in [2.75, 3.05) is 30.0 Å². The standard InChI is InChI=1S/C29H33N7/c1-20(2)24-7-3-4-8-25(24)28-31-17-27-29(33-28)35(19-32-27)18-21-9-11-23(12-10-21)36-15-13-26(34-36)22-6-5-14-30-16-22/h3-4,7-13,15,17,20,22,30,32H,5-6,14,16,18-19H2,1-2H3. The largest absolute Gasteiger partial charge is 0.363 e. The van der Waals surface area contributed by atoms with Gasteiger partial charge in [-0.1, -0.05) is 50.2 Å². The lowest BCUT2D eigenvalue weighted by atomic mass is 9.97. The zero-order chi connectivity index (χ0) is 24.5. The Balaban J connectivity index is 1.19. The van der Waals surface area contributed by atoms with E-state index in [9.17, 15) is 0 Å². The summed E-state index contributed by atoms with van der Waals surface area (Å²) in [5.74, 6) is 2.67. The fourth-order valence-electron chi connectivity index (χ4n) is 5.24. The Labute approximate surface area is 212 Å². The molecular formula is C29H33N7. The van der Waals surface area contributed by atoms with E-state index < -0.39 is 0 Å². The molecule has 7 nitrogen and oxygen atoms in total. The van der Waals surface area contributed by atoms with Crippen LogP contribution in [0.4, 0.5) is 11.5 Å². The van der Waals surface area contributed by atoms with Gasteiger partial charge < -0.3 is 15.5 Å². The van der Waals surface area contributed by atoms with E-state index in [0.29, 0.717) is 11.8 Å². The van der Waals surface area contributed by atoms with Crippen molar-refractivity contribution in [2.24, 2.45) is 0 Å². The van der Waals surface area contributed by atoms with E-state index in [2.05, 4.69) is 95.2 Å². The van der Waals surface area contributed by atoms with Crippen molar-refractivity contribution >= 4 is 11.5 Å². The third-order valence-electron chi connectivity index (χ3n) is 7.25. The van der Waals surface area contributed by atoms with Gasteiger partial charge >= 0.3 is 0 Å². The molecule has 1 unspecified atom stereocenters. The number of aromatic nitrogens is 4. The van der Waals surface area contributed by atoms with Crippen LogP contribution in [0.25, 0.3) is 17.1 Å². The minimum atomic E-state index is 0.413. The number of hydrogen-bond acceptors (Lipinski definition) is 6. The van der Waals surface area contributed by atoms with Crippen LogP contribution < -0.4 is 15.5 Å². The molecule has 2 aromatic heterocycles. The minimum Gasteiger partial charge on any atom is -0.363 e. The minimum absolute atomic E-state index is 0.413. The van der Waals surface area contributed by atoms with Gasteiger partial charge in [-0.05, 0) is 54.6 Å². The molecule has 4 heterocycles. The predicted molar refractivity (Wildman–Crippen MR) is 145 cm³/mol. The Morgan fingerprint density at radius 2 is 1.92 bits per heavy atom. The van der Waals surface area contributed by atoms with Gasteiger partial charge in [-0.25, -0.2) is 14.6 Å². The summed E-state index contributed by atoms with van der Waals surface area (Å²) in [7, 11) is 0. The highest BCUT2D eigenvalue weighted by Gasteiger charge is 2.23. The molecule has 0 amide bonds. The first kappa shape index (κ1) is 22.7. The smallest absolute Gasteiger partial charge is 0.161 e. The SMILES string of the molecule is CC(C)c1ccccc1-c1ncc2c(n1)N(Cc1ccc(-n3ccc(C4CCCNC4)n3)cc1)CN2. The second-order valence-electron chi connectivity index (χ2n) is 10.1. The number of fused-ring (bicyclic) bond motifs is 1. The summed E-state index contributed by atoms with van der Waals surface area (Å²) in [6, 6.07) is 19.3. The van der Waals surface area contributed by atoms with E-state index >= 15 is 0 Å². The lowest BCUT2D eigenvalue weighted by molar-refractivity contribution is 0.453. The van der Waals surface area contributed by atoms with Crippen LogP contribution in [0.15, 0.2) is 67.0 Å². The lowest BCUT2D eigenvalue weighted by Gasteiger charge is -2.20. The summed E-state index contributed by atoms with van der Waals surface area (Å²) >= 11 is 0. The Bertz CT molecular complexity index is 1340. The number of rotatable bonds is 6. The molecule has 1 atom stereocenters. The number of hydrogen-bond donors (Lipinski definition) is 2. The van der Waals surface area contributed by atoms with Gasteiger partial charge in [0.05, 0.1) is 29.9 Å². The normalized spacial score (nSPS) is 17.3. The van der Waals surface area contributed by atoms with E-state index in [1.54, 1.807) is 0 Å². The number of nitrogens with zero attached hydrogens (tertiary/aromatic N) is 5. The molecule has 36 heavy (non-hydrogen) atoms. The number of piperidine rings is 1. The van der Waals surface area contributed by atoms with Crippen molar-refractivity contribution in [3.8, 4) is 17.1 Å². The zero-order valence-corrected chi connectivity index (χ0v) is 21.0. The summed E-state index contributed by atoms with van der Waals surface area (Å²) in [5.41, 5.74) is 6.86. The lowest BCUT2D eigenvalue weighted by Crippen LogP contribution is -2.28. The van der Waals surface area contributed by atoms with E-state index in [1.807, 2.05) is 10.9 Å². The average molecular weight is 480 g/mol. The zero-order valence-electron chi connectivity index (χ0n) is 21.0. The van der Waals surface area contributed by atoms with Crippen molar-refractivity contribution in [1.29, 1.82) is 0 Å². The maximum absolute atomic E-state index is 4.99. The van der Waals surface area contributed by atoms with Crippen molar-refractivity contribution < 1.29 is 0 Å². The van der Waals surface area contributed by atoms with Crippen molar-refractivity contribution in [2.45, 2.75) is 45.1 Å².